The second-order valence-corrected chi connectivity index (χ2v) is 7.68. The van der Waals surface area contributed by atoms with E-state index in [2.05, 4.69) is 4.72 Å². The van der Waals surface area contributed by atoms with Gasteiger partial charge in [0.25, 0.3) is 5.91 Å². The first kappa shape index (κ1) is 14.3. The first-order valence-electron chi connectivity index (χ1n) is 6.45. The van der Waals surface area contributed by atoms with E-state index in [1.54, 1.807) is 16.5 Å². The Morgan fingerprint density at radius 1 is 1.38 bits per heavy atom. The van der Waals surface area contributed by atoms with E-state index in [1.807, 2.05) is 17.5 Å². The van der Waals surface area contributed by atoms with Crippen LogP contribution in [0.25, 0.3) is 0 Å². The average molecular weight is 325 g/mol. The van der Waals surface area contributed by atoms with E-state index in [-0.39, 0.29) is 17.3 Å². The Balaban J connectivity index is 1.83. The summed E-state index contributed by atoms with van der Waals surface area (Å²) in [6, 6.07) is 5.19. The lowest BCUT2D eigenvalue weighted by Gasteiger charge is -2.23. The number of hydrogen-bond acceptors (Lipinski definition) is 4. The number of likely N-dealkylation sites (N-methyl/N-ethyl adjacent to an activating group) is 1. The van der Waals surface area contributed by atoms with Gasteiger partial charge in [0.15, 0.2) is 0 Å². The van der Waals surface area contributed by atoms with Crippen molar-refractivity contribution in [3.63, 3.8) is 0 Å². The number of sulfonamides is 1. The molecule has 0 fully saturated rings. The van der Waals surface area contributed by atoms with Gasteiger partial charge in [-0.3, -0.25) is 4.79 Å². The lowest BCUT2D eigenvalue weighted by Crippen LogP contribution is -2.36. The monoisotopic (exact) mass is 325 g/mol. The van der Waals surface area contributed by atoms with Crippen molar-refractivity contribution in [1.29, 1.82) is 0 Å². The second-order valence-electron chi connectivity index (χ2n) is 4.89. The summed E-state index contributed by atoms with van der Waals surface area (Å²) in [5.74, 6) is -0.152. The van der Waals surface area contributed by atoms with Gasteiger partial charge in [0.2, 0.25) is 10.0 Å². The highest BCUT2D eigenvalue weighted by Crippen LogP contribution is 2.19. The van der Waals surface area contributed by atoms with E-state index in [0.29, 0.717) is 18.8 Å². The smallest absolute Gasteiger partial charge is 0.270 e. The first-order valence-corrected chi connectivity index (χ1v) is 8.81. The maximum absolute atomic E-state index is 12.3. The topological polar surface area (TPSA) is 71.4 Å². The molecular weight excluding hydrogens is 310 g/mol. The van der Waals surface area contributed by atoms with Gasteiger partial charge in [0.1, 0.15) is 10.6 Å². The summed E-state index contributed by atoms with van der Waals surface area (Å²) in [6.07, 6.45) is 1.52. The Kier molecular flexibility index (Phi) is 3.60. The summed E-state index contributed by atoms with van der Waals surface area (Å²) in [7, 11) is -1.90. The molecule has 3 heterocycles. The minimum Gasteiger partial charge on any atom is -0.340 e. The zero-order chi connectivity index (χ0) is 15.0. The lowest BCUT2D eigenvalue weighted by atomic mass is 10.3. The van der Waals surface area contributed by atoms with Gasteiger partial charge in [-0.25, -0.2) is 13.1 Å². The van der Waals surface area contributed by atoms with Crippen molar-refractivity contribution in [2.24, 2.45) is 0 Å². The van der Waals surface area contributed by atoms with Crippen molar-refractivity contribution in [2.45, 2.75) is 18.0 Å². The van der Waals surface area contributed by atoms with Crippen LogP contribution in [0.1, 0.15) is 15.4 Å². The van der Waals surface area contributed by atoms with Crippen LogP contribution >= 0.6 is 11.3 Å². The van der Waals surface area contributed by atoms with E-state index in [4.69, 9.17) is 0 Å². The third-order valence-corrected chi connectivity index (χ3v) is 5.69. The third kappa shape index (κ3) is 2.74. The standard InChI is InChI=1S/C13H15N3O3S2/c1-15-4-5-16-9-11(7-12(16)13(15)17)21(18,19)14-8-10-3-2-6-20-10/h2-3,6-7,9,14H,4-5,8H2,1H3. The Morgan fingerprint density at radius 3 is 2.90 bits per heavy atom. The predicted octanol–water partition coefficient (Wildman–Crippen LogP) is 1.11. The van der Waals surface area contributed by atoms with E-state index >= 15 is 0 Å². The summed E-state index contributed by atoms with van der Waals surface area (Å²) in [6.45, 7) is 1.45. The number of nitrogens with zero attached hydrogens (tertiary/aromatic N) is 2. The average Bonchev–Trinajstić information content (AvgIpc) is 3.10. The number of carbonyl (C=O) groups excluding carboxylic acids is 1. The van der Waals surface area contributed by atoms with Crippen molar-refractivity contribution in [1.82, 2.24) is 14.2 Å². The SMILES string of the molecule is CN1CCn2cc(S(=O)(=O)NCc3cccs3)cc2C1=O. The summed E-state index contributed by atoms with van der Waals surface area (Å²) in [5, 5.41) is 1.90. The van der Waals surface area contributed by atoms with Gasteiger partial charge in [0, 0.05) is 37.8 Å². The maximum atomic E-state index is 12.3. The molecule has 0 radical (unpaired) electrons. The van der Waals surface area contributed by atoms with Crippen molar-refractivity contribution in [2.75, 3.05) is 13.6 Å². The summed E-state index contributed by atoms with van der Waals surface area (Å²) in [5.41, 5.74) is 0.417. The molecule has 112 valence electrons. The molecule has 0 bridgehead atoms. The van der Waals surface area contributed by atoms with E-state index in [9.17, 15) is 13.2 Å². The van der Waals surface area contributed by atoms with Crippen LogP contribution in [-0.2, 0) is 23.1 Å². The van der Waals surface area contributed by atoms with Gasteiger partial charge in [-0.2, -0.15) is 0 Å². The molecule has 21 heavy (non-hydrogen) atoms. The molecule has 1 aliphatic heterocycles. The van der Waals surface area contributed by atoms with E-state index in [1.165, 1.54) is 23.6 Å². The van der Waals surface area contributed by atoms with Crippen LogP contribution in [-0.4, -0.2) is 37.4 Å². The highest BCUT2D eigenvalue weighted by Gasteiger charge is 2.26. The number of carbonyl (C=O) groups is 1. The van der Waals surface area contributed by atoms with Gasteiger partial charge < -0.3 is 9.47 Å². The molecule has 1 aliphatic rings. The van der Waals surface area contributed by atoms with Crippen LogP contribution in [0.2, 0.25) is 0 Å². The Hall–Kier alpha value is -1.64. The zero-order valence-corrected chi connectivity index (χ0v) is 13.1. The minimum absolute atomic E-state index is 0.137. The number of fused-ring (bicyclic) bond motifs is 1. The third-order valence-electron chi connectivity index (χ3n) is 3.44. The summed E-state index contributed by atoms with van der Waals surface area (Å²) >= 11 is 1.49. The first-order chi connectivity index (χ1) is 9.97. The molecule has 8 heteroatoms. The quantitative estimate of drug-likeness (QED) is 0.915. The molecule has 6 nitrogen and oxygen atoms in total. The number of amides is 1. The van der Waals surface area contributed by atoms with Crippen molar-refractivity contribution >= 4 is 27.3 Å². The molecule has 0 atom stereocenters. The molecule has 0 spiro atoms. The van der Waals surface area contributed by atoms with Gasteiger partial charge in [-0.1, -0.05) is 6.07 Å². The van der Waals surface area contributed by atoms with Crippen molar-refractivity contribution in [3.8, 4) is 0 Å². The van der Waals surface area contributed by atoms with Crippen LogP contribution in [0.4, 0.5) is 0 Å². The highest BCUT2D eigenvalue weighted by molar-refractivity contribution is 7.89. The number of nitrogens with one attached hydrogen (secondary N) is 1. The van der Waals surface area contributed by atoms with Gasteiger partial charge in [0.05, 0.1) is 0 Å². The zero-order valence-electron chi connectivity index (χ0n) is 11.4. The normalized spacial score (nSPS) is 15.3. The fourth-order valence-corrected chi connectivity index (χ4v) is 3.99. The van der Waals surface area contributed by atoms with E-state index < -0.39 is 10.0 Å². The van der Waals surface area contributed by atoms with Gasteiger partial charge in [-0.15, -0.1) is 11.3 Å². The van der Waals surface area contributed by atoms with Crippen LogP contribution in [0.5, 0.6) is 0 Å². The molecule has 1 N–H and O–H groups in total. The molecule has 0 aromatic carbocycles. The maximum Gasteiger partial charge on any atom is 0.270 e. The summed E-state index contributed by atoms with van der Waals surface area (Å²) in [4.78, 5) is 14.7. The fourth-order valence-electron chi connectivity index (χ4n) is 2.21. The molecule has 2 aromatic rings. The molecule has 3 rings (SSSR count). The largest absolute Gasteiger partial charge is 0.340 e. The van der Waals surface area contributed by atoms with Crippen LogP contribution in [0.3, 0.4) is 0 Å². The minimum atomic E-state index is -3.61. The number of thiophene rings is 1. The van der Waals surface area contributed by atoms with Crippen molar-refractivity contribution < 1.29 is 13.2 Å². The summed E-state index contributed by atoms with van der Waals surface area (Å²) < 4.78 is 28.8. The Labute approximate surface area is 127 Å². The van der Waals surface area contributed by atoms with Crippen LogP contribution in [0.15, 0.2) is 34.7 Å². The molecule has 1 amide bonds. The molecule has 0 unspecified atom stereocenters. The van der Waals surface area contributed by atoms with Gasteiger partial charge in [-0.05, 0) is 17.5 Å². The van der Waals surface area contributed by atoms with E-state index in [0.717, 1.165) is 4.88 Å². The number of aromatic nitrogens is 1. The number of rotatable bonds is 4. The fraction of sp³-hybridized carbons (Fsp3) is 0.308. The second kappa shape index (κ2) is 5.28. The molecule has 0 saturated heterocycles. The molecule has 2 aromatic heterocycles. The lowest BCUT2D eigenvalue weighted by molar-refractivity contribution is 0.0749. The van der Waals surface area contributed by atoms with Crippen LogP contribution in [0, 0.1) is 0 Å². The predicted molar refractivity (Wildman–Crippen MR) is 79.7 cm³/mol. The Morgan fingerprint density at radius 2 is 2.19 bits per heavy atom. The molecule has 0 saturated carbocycles. The van der Waals surface area contributed by atoms with Gasteiger partial charge >= 0.3 is 0 Å². The van der Waals surface area contributed by atoms with Crippen LogP contribution < -0.4 is 4.72 Å². The number of hydrogen-bond donors (Lipinski definition) is 1. The molecular formula is C13H15N3O3S2. The molecule has 0 aliphatic carbocycles. The highest BCUT2D eigenvalue weighted by atomic mass is 32.2. The van der Waals surface area contributed by atoms with Crippen molar-refractivity contribution in [3.05, 3.63) is 40.3 Å². The Bertz CT molecular complexity index is 763.